The lowest BCUT2D eigenvalue weighted by molar-refractivity contribution is 0.0526. The normalized spacial score (nSPS) is 19.3. The number of hydrogen-bond donors (Lipinski definition) is 1. The fraction of sp³-hybridized carbons (Fsp3) is 0.500. The molecule has 4 nitrogen and oxygen atoms in total. The highest BCUT2D eigenvalue weighted by Gasteiger charge is 2.19. The summed E-state index contributed by atoms with van der Waals surface area (Å²) in [4.78, 5) is 13.9. The maximum atomic E-state index is 11.7. The Bertz CT molecular complexity index is 465. The van der Waals surface area contributed by atoms with E-state index in [4.69, 9.17) is 22.1 Å². The third kappa shape index (κ3) is 3.39. The van der Waals surface area contributed by atoms with Gasteiger partial charge < -0.3 is 15.4 Å². The van der Waals surface area contributed by atoms with Crippen molar-refractivity contribution in [1.29, 1.82) is 0 Å². The Morgan fingerprint density at radius 3 is 3.00 bits per heavy atom. The molecule has 0 bridgehead atoms. The first-order valence-electron chi connectivity index (χ1n) is 6.59. The van der Waals surface area contributed by atoms with Gasteiger partial charge in [-0.25, -0.2) is 4.79 Å². The van der Waals surface area contributed by atoms with E-state index in [9.17, 15) is 4.79 Å². The predicted molar refractivity (Wildman–Crippen MR) is 76.8 cm³/mol. The van der Waals surface area contributed by atoms with E-state index in [-0.39, 0.29) is 12.0 Å². The van der Waals surface area contributed by atoms with Crippen LogP contribution in [0.25, 0.3) is 0 Å². The molecule has 104 valence electrons. The van der Waals surface area contributed by atoms with Gasteiger partial charge in [0, 0.05) is 24.8 Å². The molecule has 1 saturated heterocycles. The number of carbonyl (C=O) groups is 1. The second-order valence-electron chi connectivity index (χ2n) is 4.73. The minimum Gasteiger partial charge on any atom is -0.462 e. The molecule has 0 amide bonds. The summed E-state index contributed by atoms with van der Waals surface area (Å²) in [6.45, 7) is 3.92. The average molecular weight is 283 g/mol. The van der Waals surface area contributed by atoms with Crippen LogP contribution in [-0.4, -0.2) is 31.7 Å². The van der Waals surface area contributed by atoms with Gasteiger partial charge in [0.2, 0.25) is 0 Å². The number of halogens is 1. The first-order valence-corrected chi connectivity index (χ1v) is 6.96. The largest absolute Gasteiger partial charge is 0.462 e. The lowest BCUT2D eigenvalue weighted by Gasteiger charge is -2.32. The van der Waals surface area contributed by atoms with Crippen LogP contribution < -0.4 is 10.6 Å². The standard InChI is InChI=1S/C14H19ClN2O2/c1-2-19-14(18)12-6-5-11(8-13(12)15)17-7-3-4-10(16)9-17/h5-6,8,10H,2-4,7,9,16H2,1H3/t10-/m0/s1. The van der Waals surface area contributed by atoms with Gasteiger partial charge in [0.15, 0.2) is 0 Å². The molecule has 0 aliphatic carbocycles. The van der Waals surface area contributed by atoms with E-state index in [0.29, 0.717) is 17.2 Å². The van der Waals surface area contributed by atoms with Gasteiger partial charge in [0.1, 0.15) is 0 Å². The Balaban J connectivity index is 2.16. The number of hydrogen-bond acceptors (Lipinski definition) is 4. The summed E-state index contributed by atoms with van der Waals surface area (Å²) in [5.41, 5.74) is 7.39. The van der Waals surface area contributed by atoms with Gasteiger partial charge in [0.25, 0.3) is 0 Å². The van der Waals surface area contributed by atoms with Crippen molar-refractivity contribution in [3.63, 3.8) is 0 Å². The smallest absolute Gasteiger partial charge is 0.339 e. The van der Waals surface area contributed by atoms with Crippen molar-refractivity contribution in [3.8, 4) is 0 Å². The van der Waals surface area contributed by atoms with E-state index in [1.54, 1.807) is 13.0 Å². The van der Waals surface area contributed by atoms with Crippen LogP contribution in [-0.2, 0) is 4.74 Å². The van der Waals surface area contributed by atoms with Crippen LogP contribution in [0.1, 0.15) is 30.1 Å². The summed E-state index contributed by atoms with van der Waals surface area (Å²) >= 11 is 6.16. The zero-order valence-corrected chi connectivity index (χ0v) is 11.8. The third-order valence-electron chi connectivity index (χ3n) is 3.27. The topological polar surface area (TPSA) is 55.6 Å². The van der Waals surface area contributed by atoms with Gasteiger partial charge in [0.05, 0.1) is 17.2 Å². The van der Waals surface area contributed by atoms with Crippen molar-refractivity contribution in [2.75, 3.05) is 24.6 Å². The molecule has 0 saturated carbocycles. The lowest BCUT2D eigenvalue weighted by atomic mass is 10.1. The van der Waals surface area contributed by atoms with Crippen LogP contribution >= 0.6 is 11.6 Å². The molecule has 1 fully saturated rings. The highest BCUT2D eigenvalue weighted by molar-refractivity contribution is 6.33. The van der Waals surface area contributed by atoms with Crippen LogP contribution in [0.15, 0.2) is 18.2 Å². The molecule has 1 aliphatic heterocycles. The van der Waals surface area contributed by atoms with Gasteiger partial charge in [-0.1, -0.05) is 11.6 Å². The van der Waals surface area contributed by atoms with E-state index >= 15 is 0 Å². The molecule has 1 atom stereocenters. The number of piperidine rings is 1. The van der Waals surface area contributed by atoms with Gasteiger partial charge in [-0.3, -0.25) is 0 Å². The summed E-state index contributed by atoms with van der Waals surface area (Å²) in [5.74, 6) is -0.380. The molecule has 5 heteroatoms. The molecular weight excluding hydrogens is 264 g/mol. The summed E-state index contributed by atoms with van der Waals surface area (Å²) in [6.07, 6.45) is 2.14. The minimum atomic E-state index is -0.380. The number of benzene rings is 1. The lowest BCUT2D eigenvalue weighted by Crippen LogP contribution is -2.42. The second kappa shape index (κ2) is 6.26. The maximum Gasteiger partial charge on any atom is 0.339 e. The molecule has 0 radical (unpaired) electrons. The zero-order valence-electron chi connectivity index (χ0n) is 11.1. The molecule has 1 aromatic carbocycles. The molecule has 0 unspecified atom stereocenters. The van der Waals surface area contributed by atoms with Crippen LogP contribution in [0.5, 0.6) is 0 Å². The quantitative estimate of drug-likeness (QED) is 0.865. The van der Waals surface area contributed by atoms with Crippen molar-refractivity contribution in [1.82, 2.24) is 0 Å². The summed E-state index contributed by atoms with van der Waals surface area (Å²) in [7, 11) is 0. The minimum absolute atomic E-state index is 0.206. The summed E-state index contributed by atoms with van der Waals surface area (Å²) in [6, 6.07) is 5.63. The average Bonchev–Trinajstić information content (AvgIpc) is 2.38. The van der Waals surface area contributed by atoms with Crippen LogP contribution in [0, 0.1) is 0 Å². The Morgan fingerprint density at radius 1 is 1.58 bits per heavy atom. The number of nitrogens with two attached hydrogens (primary N) is 1. The molecule has 1 heterocycles. The Hall–Kier alpha value is -1.26. The van der Waals surface area contributed by atoms with Gasteiger partial charge in [-0.05, 0) is 38.0 Å². The van der Waals surface area contributed by atoms with Gasteiger partial charge in [-0.2, -0.15) is 0 Å². The molecule has 0 spiro atoms. The Labute approximate surface area is 118 Å². The molecular formula is C14H19ClN2O2. The SMILES string of the molecule is CCOC(=O)c1ccc(N2CCC[C@H](N)C2)cc1Cl. The van der Waals surface area contributed by atoms with Crippen molar-refractivity contribution in [2.45, 2.75) is 25.8 Å². The number of ether oxygens (including phenoxy) is 1. The van der Waals surface area contributed by atoms with E-state index in [1.807, 2.05) is 12.1 Å². The maximum absolute atomic E-state index is 11.7. The number of nitrogens with zero attached hydrogens (tertiary/aromatic N) is 1. The first kappa shape index (κ1) is 14.2. The molecule has 2 N–H and O–H groups in total. The molecule has 19 heavy (non-hydrogen) atoms. The number of rotatable bonds is 3. The van der Waals surface area contributed by atoms with Crippen LogP contribution in [0.2, 0.25) is 5.02 Å². The second-order valence-corrected chi connectivity index (χ2v) is 5.14. The van der Waals surface area contributed by atoms with Gasteiger partial charge in [-0.15, -0.1) is 0 Å². The number of carbonyl (C=O) groups excluding carboxylic acids is 1. The zero-order chi connectivity index (χ0) is 13.8. The molecule has 1 aliphatic rings. The van der Waals surface area contributed by atoms with E-state index < -0.39 is 0 Å². The third-order valence-corrected chi connectivity index (χ3v) is 3.58. The molecule has 2 rings (SSSR count). The van der Waals surface area contributed by atoms with E-state index in [2.05, 4.69) is 4.90 Å². The van der Waals surface area contributed by atoms with Crippen LogP contribution in [0.4, 0.5) is 5.69 Å². The fourth-order valence-electron chi connectivity index (χ4n) is 2.32. The Morgan fingerprint density at radius 2 is 2.37 bits per heavy atom. The molecule has 1 aromatic rings. The highest BCUT2D eigenvalue weighted by Crippen LogP contribution is 2.26. The van der Waals surface area contributed by atoms with E-state index in [0.717, 1.165) is 31.6 Å². The van der Waals surface area contributed by atoms with Crippen molar-refractivity contribution < 1.29 is 9.53 Å². The van der Waals surface area contributed by atoms with Crippen molar-refractivity contribution in [3.05, 3.63) is 28.8 Å². The number of anilines is 1. The fourth-order valence-corrected chi connectivity index (χ4v) is 2.57. The summed E-state index contributed by atoms with van der Waals surface area (Å²) < 4.78 is 4.95. The summed E-state index contributed by atoms with van der Waals surface area (Å²) in [5, 5.41) is 0.426. The Kier molecular flexibility index (Phi) is 4.66. The van der Waals surface area contributed by atoms with E-state index in [1.165, 1.54) is 0 Å². The first-order chi connectivity index (χ1) is 9.11. The van der Waals surface area contributed by atoms with Crippen molar-refractivity contribution in [2.24, 2.45) is 5.73 Å². The number of esters is 1. The van der Waals surface area contributed by atoms with Gasteiger partial charge >= 0.3 is 5.97 Å². The van der Waals surface area contributed by atoms with Crippen molar-refractivity contribution >= 4 is 23.3 Å². The molecule has 0 aromatic heterocycles. The van der Waals surface area contributed by atoms with Crippen LogP contribution in [0.3, 0.4) is 0 Å². The predicted octanol–water partition coefficient (Wildman–Crippen LogP) is 2.44. The highest BCUT2D eigenvalue weighted by atomic mass is 35.5. The monoisotopic (exact) mass is 282 g/mol.